The Morgan fingerprint density at radius 3 is 2.56 bits per heavy atom. The van der Waals surface area contributed by atoms with E-state index in [-0.39, 0.29) is 6.04 Å². The SMILES string of the molecule is CC(N)c1ccoc1N. The van der Waals surface area contributed by atoms with Crippen molar-refractivity contribution in [3.8, 4) is 0 Å². The molecule has 0 aliphatic carbocycles. The molecule has 3 nitrogen and oxygen atoms in total. The molecule has 1 aromatic heterocycles. The first-order valence-electron chi connectivity index (χ1n) is 2.80. The maximum Gasteiger partial charge on any atom is 0.194 e. The zero-order chi connectivity index (χ0) is 6.85. The van der Waals surface area contributed by atoms with Crippen LogP contribution >= 0.6 is 0 Å². The van der Waals surface area contributed by atoms with Gasteiger partial charge in [0.25, 0.3) is 0 Å². The molecule has 0 aliphatic heterocycles. The molecule has 0 radical (unpaired) electrons. The van der Waals surface area contributed by atoms with Crippen LogP contribution in [0.25, 0.3) is 0 Å². The van der Waals surface area contributed by atoms with E-state index < -0.39 is 0 Å². The standard InChI is InChI=1S/C6H10N2O/c1-4(7)5-2-3-9-6(5)8/h2-4H,7-8H2,1H3. The molecule has 4 N–H and O–H groups in total. The van der Waals surface area contributed by atoms with Crippen LogP contribution in [-0.4, -0.2) is 0 Å². The number of furan rings is 1. The average molecular weight is 126 g/mol. The average Bonchev–Trinajstić information content (AvgIpc) is 2.13. The second kappa shape index (κ2) is 2.11. The number of rotatable bonds is 1. The van der Waals surface area contributed by atoms with Gasteiger partial charge in [-0.3, -0.25) is 0 Å². The lowest BCUT2D eigenvalue weighted by Crippen LogP contribution is -2.05. The molecule has 0 fully saturated rings. The Kier molecular flexibility index (Phi) is 1.44. The Balaban J connectivity index is 2.94. The highest BCUT2D eigenvalue weighted by Gasteiger charge is 2.04. The summed E-state index contributed by atoms with van der Waals surface area (Å²) in [5.74, 6) is 0.421. The third-order valence-corrected chi connectivity index (χ3v) is 1.22. The zero-order valence-corrected chi connectivity index (χ0v) is 5.29. The molecule has 1 heterocycles. The largest absolute Gasteiger partial charge is 0.449 e. The lowest BCUT2D eigenvalue weighted by atomic mass is 10.2. The van der Waals surface area contributed by atoms with Crippen LogP contribution in [0.5, 0.6) is 0 Å². The van der Waals surface area contributed by atoms with E-state index in [4.69, 9.17) is 15.9 Å². The minimum absolute atomic E-state index is 0.0382. The van der Waals surface area contributed by atoms with Crippen molar-refractivity contribution in [1.29, 1.82) is 0 Å². The van der Waals surface area contributed by atoms with E-state index in [0.717, 1.165) is 5.56 Å². The van der Waals surface area contributed by atoms with Gasteiger partial charge in [0.1, 0.15) is 0 Å². The molecule has 0 amide bonds. The molecule has 9 heavy (non-hydrogen) atoms. The summed E-state index contributed by atoms with van der Waals surface area (Å²) in [6.45, 7) is 1.86. The van der Waals surface area contributed by atoms with E-state index in [1.807, 2.05) is 6.92 Å². The topological polar surface area (TPSA) is 65.2 Å². The molecule has 0 saturated carbocycles. The van der Waals surface area contributed by atoms with Gasteiger partial charge in [0.05, 0.1) is 6.26 Å². The van der Waals surface area contributed by atoms with Crippen LogP contribution < -0.4 is 11.5 Å². The summed E-state index contributed by atoms with van der Waals surface area (Å²) in [7, 11) is 0. The van der Waals surface area contributed by atoms with Crippen LogP contribution in [0.2, 0.25) is 0 Å². The fourth-order valence-electron chi connectivity index (χ4n) is 0.707. The van der Waals surface area contributed by atoms with Crippen molar-refractivity contribution in [1.82, 2.24) is 0 Å². The number of hydrogen-bond donors (Lipinski definition) is 2. The first-order chi connectivity index (χ1) is 4.22. The van der Waals surface area contributed by atoms with Crippen molar-refractivity contribution in [2.75, 3.05) is 5.73 Å². The number of nitrogen functional groups attached to an aromatic ring is 1. The molecule has 0 saturated heterocycles. The van der Waals surface area contributed by atoms with Gasteiger partial charge in [-0.15, -0.1) is 0 Å². The van der Waals surface area contributed by atoms with E-state index in [1.165, 1.54) is 6.26 Å². The summed E-state index contributed by atoms with van der Waals surface area (Å²) < 4.78 is 4.82. The van der Waals surface area contributed by atoms with E-state index in [0.29, 0.717) is 5.88 Å². The molecule has 1 unspecified atom stereocenters. The Morgan fingerprint density at radius 1 is 1.67 bits per heavy atom. The second-order valence-corrected chi connectivity index (χ2v) is 2.03. The monoisotopic (exact) mass is 126 g/mol. The summed E-state index contributed by atoms with van der Waals surface area (Å²) in [6, 6.07) is 1.74. The van der Waals surface area contributed by atoms with Crippen LogP contribution in [0.15, 0.2) is 16.7 Å². The second-order valence-electron chi connectivity index (χ2n) is 2.03. The van der Waals surface area contributed by atoms with Crippen molar-refractivity contribution in [2.24, 2.45) is 5.73 Å². The Morgan fingerprint density at radius 2 is 2.33 bits per heavy atom. The van der Waals surface area contributed by atoms with E-state index >= 15 is 0 Å². The number of nitrogens with two attached hydrogens (primary N) is 2. The molecule has 0 aromatic carbocycles. The first kappa shape index (κ1) is 6.16. The van der Waals surface area contributed by atoms with Gasteiger partial charge in [-0.2, -0.15) is 0 Å². The van der Waals surface area contributed by atoms with E-state index in [2.05, 4.69) is 0 Å². The van der Waals surface area contributed by atoms with Gasteiger partial charge in [0.15, 0.2) is 5.88 Å². The third-order valence-electron chi connectivity index (χ3n) is 1.22. The normalized spacial score (nSPS) is 13.6. The molecule has 0 spiro atoms. The van der Waals surface area contributed by atoms with Crippen molar-refractivity contribution >= 4 is 5.88 Å². The van der Waals surface area contributed by atoms with Crippen LogP contribution in [-0.2, 0) is 0 Å². The van der Waals surface area contributed by atoms with Gasteiger partial charge in [0, 0.05) is 11.6 Å². The highest BCUT2D eigenvalue weighted by molar-refractivity contribution is 5.37. The molecule has 50 valence electrons. The van der Waals surface area contributed by atoms with Crippen LogP contribution in [0.1, 0.15) is 18.5 Å². The van der Waals surface area contributed by atoms with Crippen molar-refractivity contribution in [3.63, 3.8) is 0 Å². The quantitative estimate of drug-likeness (QED) is 0.587. The summed E-state index contributed by atoms with van der Waals surface area (Å²) in [6.07, 6.45) is 1.54. The molecule has 1 aromatic rings. The highest BCUT2D eigenvalue weighted by Crippen LogP contribution is 2.18. The maximum absolute atomic E-state index is 5.52. The lowest BCUT2D eigenvalue weighted by Gasteiger charge is -1.99. The first-order valence-corrected chi connectivity index (χ1v) is 2.80. The van der Waals surface area contributed by atoms with Crippen molar-refractivity contribution in [3.05, 3.63) is 17.9 Å². The zero-order valence-electron chi connectivity index (χ0n) is 5.29. The van der Waals surface area contributed by atoms with Crippen molar-refractivity contribution in [2.45, 2.75) is 13.0 Å². The summed E-state index contributed by atoms with van der Waals surface area (Å²) in [5, 5.41) is 0. The van der Waals surface area contributed by atoms with Crippen molar-refractivity contribution < 1.29 is 4.42 Å². The predicted octanol–water partition coefficient (Wildman–Crippen LogP) is 0.882. The van der Waals surface area contributed by atoms with E-state index in [9.17, 15) is 0 Å². The van der Waals surface area contributed by atoms with Gasteiger partial charge in [0.2, 0.25) is 0 Å². The fraction of sp³-hybridized carbons (Fsp3) is 0.333. The number of hydrogen-bond acceptors (Lipinski definition) is 3. The summed E-state index contributed by atoms with van der Waals surface area (Å²) >= 11 is 0. The van der Waals surface area contributed by atoms with Crippen LogP contribution in [0.4, 0.5) is 5.88 Å². The van der Waals surface area contributed by atoms with Crippen LogP contribution in [0, 0.1) is 0 Å². The van der Waals surface area contributed by atoms with Gasteiger partial charge < -0.3 is 15.9 Å². The number of anilines is 1. The summed E-state index contributed by atoms with van der Waals surface area (Å²) in [5.41, 5.74) is 11.8. The van der Waals surface area contributed by atoms with Gasteiger partial charge in [-0.1, -0.05) is 0 Å². The minimum atomic E-state index is -0.0382. The third kappa shape index (κ3) is 1.05. The summed E-state index contributed by atoms with van der Waals surface area (Å²) in [4.78, 5) is 0. The molecule has 0 aliphatic rings. The molecule has 1 rings (SSSR count). The van der Waals surface area contributed by atoms with Crippen LogP contribution in [0.3, 0.4) is 0 Å². The molecular formula is C6H10N2O. The molecule has 0 bridgehead atoms. The predicted molar refractivity (Wildman–Crippen MR) is 35.7 cm³/mol. The smallest absolute Gasteiger partial charge is 0.194 e. The molecular weight excluding hydrogens is 116 g/mol. The molecule has 1 atom stereocenters. The Bertz CT molecular complexity index is 193. The minimum Gasteiger partial charge on any atom is -0.449 e. The van der Waals surface area contributed by atoms with Gasteiger partial charge >= 0.3 is 0 Å². The van der Waals surface area contributed by atoms with E-state index in [1.54, 1.807) is 6.07 Å². The Labute approximate surface area is 53.6 Å². The lowest BCUT2D eigenvalue weighted by molar-refractivity contribution is 0.582. The van der Waals surface area contributed by atoms with Gasteiger partial charge in [-0.25, -0.2) is 0 Å². The highest BCUT2D eigenvalue weighted by atomic mass is 16.3. The Hall–Kier alpha value is -0.960. The van der Waals surface area contributed by atoms with Gasteiger partial charge in [-0.05, 0) is 13.0 Å². The maximum atomic E-state index is 5.52. The molecule has 3 heteroatoms. The fourth-order valence-corrected chi connectivity index (χ4v) is 0.707.